The second kappa shape index (κ2) is 8.83. The molecule has 0 aliphatic carbocycles. The van der Waals surface area contributed by atoms with E-state index in [1.54, 1.807) is 0 Å². The van der Waals surface area contributed by atoms with Crippen molar-refractivity contribution in [1.82, 2.24) is 0 Å². The van der Waals surface area contributed by atoms with E-state index in [0.717, 1.165) is 6.55 Å². The fourth-order valence-electron chi connectivity index (χ4n) is 0. The van der Waals surface area contributed by atoms with Crippen LogP contribution in [0.1, 0.15) is 0 Å². The quantitative estimate of drug-likeness (QED) is 0.371. The fourth-order valence-corrected chi connectivity index (χ4v) is 0. The molecule has 0 spiro atoms. The Morgan fingerprint density at radius 2 is 1.75 bits per heavy atom. The summed E-state index contributed by atoms with van der Waals surface area (Å²) >= 11 is 2.10. The van der Waals surface area contributed by atoms with Crippen molar-refractivity contribution in [2.45, 2.75) is 0 Å². The molecule has 0 aliphatic heterocycles. The van der Waals surface area contributed by atoms with Crippen molar-refractivity contribution in [3.8, 4) is 0 Å². The molecule has 0 nitrogen and oxygen atoms in total. The zero-order valence-electron chi connectivity index (χ0n) is 2.24. The smallest absolute Gasteiger partial charge is 0 e. The van der Waals surface area contributed by atoms with E-state index in [4.69, 9.17) is 0 Å². The third-order valence-electron chi connectivity index (χ3n) is 0. The van der Waals surface area contributed by atoms with Crippen molar-refractivity contribution in [3.05, 3.63) is 0 Å². The summed E-state index contributed by atoms with van der Waals surface area (Å²) in [5, 5.41) is 0. The van der Waals surface area contributed by atoms with Gasteiger partial charge < -0.3 is 0 Å². The molecule has 0 saturated heterocycles. The Morgan fingerprint density at radius 1 is 1.75 bits per heavy atom. The van der Waals surface area contributed by atoms with Crippen LogP contribution >= 0.6 is 6.55 Å². The minimum absolute atomic E-state index is 0. The first-order chi connectivity index (χ1) is 1.41. The molecule has 1 atom stereocenters. The molecule has 0 aromatic heterocycles. The predicted molar refractivity (Wildman–Crippen MR) is 16.9 cm³/mol. The maximum absolute atomic E-state index is 2.16. The number of hydrogen-bond acceptors (Lipinski definition) is 0. The van der Waals surface area contributed by atoms with Gasteiger partial charge in [-0.25, -0.2) is 0 Å². The van der Waals surface area contributed by atoms with E-state index in [1.807, 2.05) is 0 Å². The third kappa shape index (κ3) is 9.35. The van der Waals surface area contributed by atoms with Gasteiger partial charge >= 0.3 is 33.4 Å². The molecule has 0 rings (SSSR count). The van der Waals surface area contributed by atoms with Crippen molar-refractivity contribution in [2.24, 2.45) is 0 Å². The number of hydrogen-bond donors (Lipinski definition) is 0. The van der Waals surface area contributed by atoms with Gasteiger partial charge in [0.25, 0.3) is 0 Å². The van der Waals surface area contributed by atoms with E-state index >= 15 is 0 Å². The van der Waals surface area contributed by atoms with E-state index in [2.05, 4.69) is 26.9 Å². The average Bonchev–Trinajstić information content (AvgIpc) is 0.918. The van der Waals surface area contributed by atoms with Crippen molar-refractivity contribution in [1.29, 1.82) is 0 Å². The van der Waals surface area contributed by atoms with Gasteiger partial charge in [0.15, 0.2) is 0 Å². The maximum Gasteiger partial charge on any atom is 0 e. The molecular weight excluding hydrogens is 197 g/mol. The van der Waals surface area contributed by atoms with Crippen molar-refractivity contribution in [2.75, 3.05) is 0 Å². The van der Waals surface area contributed by atoms with Crippen LogP contribution in [-0.2, 0) is 36.1 Å². The normalized spacial score (nSPS) is 7.00. The molecule has 4 heavy (non-hydrogen) atoms. The number of rotatable bonds is 0. The van der Waals surface area contributed by atoms with E-state index in [0.29, 0.717) is 0 Å². The summed E-state index contributed by atoms with van der Waals surface area (Å²) in [6.07, 6.45) is 0. The largest absolute Gasteiger partial charge is 0 e. The molecular formula is H3BCoMoP. The summed E-state index contributed by atoms with van der Waals surface area (Å²) < 4.78 is 0. The van der Waals surface area contributed by atoms with Gasteiger partial charge in [-0.2, -0.15) is 0 Å². The van der Waals surface area contributed by atoms with Gasteiger partial charge in [0, 0.05) is 16.8 Å². The molecule has 0 aliphatic rings. The zero-order valence-corrected chi connectivity index (χ0v) is 6.29. The maximum atomic E-state index is 2.16. The van der Waals surface area contributed by atoms with Gasteiger partial charge in [0.2, 0.25) is 0 Å². The molecule has 1 radical (unpaired) electrons. The molecule has 0 saturated carbocycles. The van der Waals surface area contributed by atoms with Crippen molar-refractivity contribution >= 4 is 14.1 Å². The summed E-state index contributed by atoms with van der Waals surface area (Å²) in [5.74, 6) is 0. The van der Waals surface area contributed by atoms with Gasteiger partial charge in [-0.15, -0.1) is 0 Å². The summed E-state index contributed by atoms with van der Waals surface area (Å²) in [6, 6.07) is 0. The molecule has 0 heterocycles. The van der Waals surface area contributed by atoms with Crippen LogP contribution in [0.3, 0.4) is 0 Å². The van der Waals surface area contributed by atoms with Gasteiger partial charge in [0.05, 0.1) is 0 Å². The minimum atomic E-state index is 0. The summed E-state index contributed by atoms with van der Waals surface area (Å²) in [6.45, 7) is 1.09. The average molecular weight is 200 g/mol. The monoisotopic (exact) mass is 202 g/mol. The van der Waals surface area contributed by atoms with E-state index in [1.165, 1.54) is 0 Å². The van der Waals surface area contributed by atoms with Crippen LogP contribution in [0.4, 0.5) is 0 Å². The Bertz CT molecular complexity index is 8.00. The molecule has 0 fully saturated rings. The zero-order chi connectivity index (χ0) is 2.71. The fraction of sp³-hybridized carbons (Fsp3) is 0. The van der Waals surface area contributed by atoms with Gasteiger partial charge in [-0.3, -0.25) is 0 Å². The van der Waals surface area contributed by atoms with Crippen molar-refractivity contribution in [3.63, 3.8) is 0 Å². The standard InChI is InChI=1S/BH3P.Co.Mo/c1-2;;/h2H,1H2;;/q-1;;+1. The molecule has 1 unspecified atom stereocenters. The van der Waals surface area contributed by atoms with E-state index < -0.39 is 0 Å². The predicted octanol–water partition coefficient (Wildman–Crippen LogP) is -0.328. The van der Waals surface area contributed by atoms with Crippen LogP contribution in [0.25, 0.3) is 0 Å². The summed E-state index contributed by atoms with van der Waals surface area (Å²) in [4.78, 5) is 0. The Hall–Kier alpha value is 1.69. The second-order valence-electron chi connectivity index (χ2n) is 0.204. The van der Waals surface area contributed by atoms with Gasteiger partial charge in [-0.1, -0.05) is 0 Å². The third-order valence-corrected chi connectivity index (χ3v) is 0. The topological polar surface area (TPSA) is 0 Å². The summed E-state index contributed by atoms with van der Waals surface area (Å²) in [7, 11) is 2.16. The van der Waals surface area contributed by atoms with Crippen LogP contribution < -0.4 is 0 Å². The van der Waals surface area contributed by atoms with Crippen LogP contribution in [0.5, 0.6) is 0 Å². The van der Waals surface area contributed by atoms with Gasteiger partial charge in [0.1, 0.15) is 0 Å². The molecule has 0 aromatic rings. The Kier molecular flexibility index (Phi) is 20.3. The Labute approximate surface area is 50.2 Å². The van der Waals surface area contributed by atoms with Crippen molar-refractivity contribution < 1.29 is 36.1 Å². The van der Waals surface area contributed by atoms with Gasteiger partial charge in [-0.05, 0) is 0 Å². The van der Waals surface area contributed by atoms with Crippen LogP contribution in [0.15, 0.2) is 0 Å². The molecule has 0 N–H and O–H groups in total. The van der Waals surface area contributed by atoms with Crippen LogP contribution in [-0.4, -0.2) is 7.57 Å². The Morgan fingerprint density at radius 3 is 1.75 bits per heavy atom. The minimum Gasteiger partial charge on any atom is 0 e. The molecule has 26 valence electrons. The SMILES string of the molecule is B[PH][Mo].[Co]. The van der Waals surface area contributed by atoms with E-state index in [-0.39, 0.29) is 16.8 Å². The first-order valence-electron chi connectivity index (χ1n) is 0.704. The van der Waals surface area contributed by atoms with Crippen LogP contribution in [0, 0.1) is 0 Å². The van der Waals surface area contributed by atoms with E-state index in [9.17, 15) is 0 Å². The first kappa shape index (κ1) is 9.19. The Balaban J connectivity index is 0. The molecule has 0 bridgehead atoms. The van der Waals surface area contributed by atoms with Crippen LogP contribution in [0.2, 0.25) is 0 Å². The molecule has 0 aromatic carbocycles. The molecule has 4 heteroatoms. The summed E-state index contributed by atoms with van der Waals surface area (Å²) in [5.41, 5.74) is 0. The molecule has 0 amide bonds. The second-order valence-corrected chi connectivity index (χ2v) is 3.62. The first-order valence-corrected chi connectivity index (χ1v) is 5.12.